The molecule has 0 aliphatic heterocycles. The average molecular weight is 444 g/mol. The van der Waals surface area contributed by atoms with Gasteiger partial charge < -0.3 is 0 Å². The topological polar surface area (TPSA) is 0 Å². The molecule has 0 amide bonds. The Morgan fingerprint density at radius 2 is 0.947 bits per heavy atom. The quantitative estimate of drug-likeness (QED) is 0.409. The average Bonchev–Trinajstić information content (AvgIpc) is 2.69. The first kappa shape index (κ1) is 16.2. The third-order valence-corrected chi connectivity index (χ3v) is 10.5. The maximum Gasteiger partial charge on any atom is 0.166 e. The van der Waals surface area contributed by atoms with Gasteiger partial charge in [-0.15, -0.1) is 58.0 Å². The van der Waals surface area contributed by atoms with E-state index in [-0.39, 0.29) is 10.1 Å². The molecular weight excluding hydrogens is 439 g/mol. The van der Waals surface area contributed by atoms with E-state index in [1.54, 1.807) is 0 Å². The van der Waals surface area contributed by atoms with Crippen molar-refractivity contribution in [3.63, 3.8) is 0 Å². The third kappa shape index (κ3) is 1.47. The fraction of sp³-hybridized carbons (Fsp3) is 0.800. The minimum atomic E-state index is -1.61. The Kier molecular flexibility index (Phi) is 3.80. The van der Waals surface area contributed by atoms with Gasteiger partial charge in [0.05, 0.1) is 26.2 Å². The van der Waals surface area contributed by atoms with Crippen LogP contribution in [0.15, 0.2) is 10.1 Å². The van der Waals surface area contributed by atoms with Crippen LogP contribution in [0, 0.1) is 11.8 Å². The van der Waals surface area contributed by atoms with E-state index in [9.17, 15) is 0 Å². The van der Waals surface area contributed by atoms with Gasteiger partial charge in [0, 0.05) is 11.8 Å². The number of alkyl halides is 7. The highest BCUT2D eigenvalue weighted by Crippen LogP contribution is 2.79. The van der Waals surface area contributed by atoms with Crippen LogP contribution in [0.25, 0.3) is 0 Å². The third-order valence-electron chi connectivity index (χ3n) is 4.35. The van der Waals surface area contributed by atoms with Gasteiger partial charge in [0.25, 0.3) is 0 Å². The van der Waals surface area contributed by atoms with Crippen molar-refractivity contribution < 1.29 is 0 Å². The van der Waals surface area contributed by atoms with Crippen LogP contribution in [0.5, 0.6) is 0 Å². The normalized spacial score (nSPS) is 58.9. The summed E-state index contributed by atoms with van der Waals surface area (Å²) in [7, 11) is 0. The summed E-state index contributed by atoms with van der Waals surface area (Å²) in [6.07, 6.45) is 0. The maximum absolute atomic E-state index is 6.63. The number of fused-ring (bicyclic) bond motifs is 5. The second-order valence-corrected chi connectivity index (χ2v) is 9.80. The molecule has 3 aliphatic rings. The van der Waals surface area contributed by atoms with Gasteiger partial charge in [-0.3, -0.25) is 0 Å². The molecule has 0 spiro atoms. The van der Waals surface area contributed by atoms with Crippen LogP contribution in [-0.2, 0) is 0 Å². The molecule has 0 radical (unpaired) electrons. The van der Waals surface area contributed by atoms with E-state index < -0.39 is 42.0 Å². The number of hydrogen-bond acceptors (Lipinski definition) is 0. The van der Waals surface area contributed by atoms with Crippen molar-refractivity contribution in [2.75, 3.05) is 0 Å². The molecule has 0 saturated heterocycles. The van der Waals surface area contributed by atoms with Crippen molar-refractivity contribution in [2.24, 2.45) is 11.8 Å². The van der Waals surface area contributed by atoms with E-state index in [2.05, 4.69) is 0 Å². The summed E-state index contributed by atoms with van der Waals surface area (Å²) in [6, 6.07) is 0. The van der Waals surface area contributed by atoms with E-state index in [1.165, 1.54) is 0 Å². The van der Waals surface area contributed by atoms with E-state index in [0.29, 0.717) is 0 Å². The van der Waals surface area contributed by atoms with Gasteiger partial charge in [-0.1, -0.05) is 46.4 Å². The van der Waals surface area contributed by atoms with Gasteiger partial charge in [0.15, 0.2) is 4.33 Å². The lowest BCUT2D eigenvalue weighted by Crippen LogP contribution is -2.48. The summed E-state index contributed by atoms with van der Waals surface area (Å²) in [6.45, 7) is 0. The Morgan fingerprint density at radius 1 is 0.632 bits per heavy atom. The van der Waals surface area contributed by atoms with Crippen molar-refractivity contribution in [3.8, 4) is 0 Å². The van der Waals surface area contributed by atoms with Crippen molar-refractivity contribution in [2.45, 2.75) is 30.2 Å². The molecule has 19 heavy (non-hydrogen) atoms. The second kappa shape index (κ2) is 4.46. The SMILES string of the molecule is ClC1=C(Cl)[C@]2(Cl)[C@H]3[C@H]([C@H](Cl)C(Cl)[C@@H]3Cl)[C@]1(Cl)C2(Cl)Cl. The summed E-state index contributed by atoms with van der Waals surface area (Å²) >= 11 is 57.4. The zero-order valence-electron chi connectivity index (χ0n) is 8.79. The van der Waals surface area contributed by atoms with Crippen LogP contribution in [-0.4, -0.2) is 30.2 Å². The smallest absolute Gasteiger partial charge is 0.121 e. The lowest BCUT2D eigenvalue weighted by molar-refractivity contribution is 0.388. The van der Waals surface area contributed by atoms with Crippen molar-refractivity contribution in [1.29, 1.82) is 0 Å². The summed E-state index contributed by atoms with van der Waals surface area (Å²) in [5.41, 5.74) is 0. The highest BCUT2D eigenvalue weighted by atomic mass is 35.5. The van der Waals surface area contributed by atoms with Crippen LogP contribution in [0.1, 0.15) is 0 Å². The zero-order chi connectivity index (χ0) is 14.5. The van der Waals surface area contributed by atoms with E-state index in [1.807, 2.05) is 0 Å². The Morgan fingerprint density at radius 3 is 1.26 bits per heavy atom. The number of hydrogen-bond donors (Lipinski definition) is 0. The highest BCUT2D eigenvalue weighted by molar-refractivity contribution is 6.66. The number of halogens is 9. The second-order valence-electron chi connectivity index (χ2n) is 5.01. The molecule has 0 aromatic carbocycles. The fourth-order valence-electron chi connectivity index (χ4n) is 3.47. The van der Waals surface area contributed by atoms with Crippen LogP contribution in [0.2, 0.25) is 0 Å². The maximum atomic E-state index is 6.63. The molecule has 3 rings (SSSR count). The van der Waals surface area contributed by atoms with E-state index in [4.69, 9.17) is 104 Å². The van der Waals surface area contributed by atoms with E-state index >= 15 is 0 Å². The lowest BCUT2D eigenvalue weighted by atomic mass is 9.84. The first-order valence-electron chi connectivity index (χ1n) is 5.28. The highest BCUT2D eigenvalue weighted by Gasteiger charge is 2.86. The molecule has 108 valence electrons. The van der Waals surface area contributed by atoms with Gasteiger partial charge in [0.1, 0.15) is 9.75 Å². The molecule has 0 aromatic heterocycles. The molecule has 2 bridgehead atoms. The van der Waals surface area contributed by atoms with Gasteiger partial charge in [0.2, 0.25) is 0 Å². The molecule has 7 atom stereocenters. The van der Waals surface area contributed by atoms with Gasteiger partial charge >= 0.3 is 0 Å². The first-order chi connectivity index (χ1) is 8.54. The molecule has 2 fully saturated rings. The van der Waals surface area contributed by atoms with Crippen LogP contribution < -0.4 is 0 Å². The summed E-state index contributed by atoms with van der Waals surface area (Å²) in [4.78, 5) is -2.77. The Labute approximate surface area is 155 Å². The predicted molar refractivity (Wildman–Crippen MR) is 86.2 cm³/mol. The molecule has 1 unspecified atom stereocenters. The monoisotopic (exact) mass is 440 g/mol. The molecule has 0 aromatic rings. The minimum Gasteiger partial charge on any atom is -0.121 e. The van der Waals surface area contributed by atoms with Gasteiger partial charge in [-0.2, -0.15) is 0 Å². The number of rotatable bonds is 0. The lowest BCUT2D eigenvalue weighted by Gasteiger charge is -2.35. The zero-order valence-corrected chi connectivity index (χ0v) is 15.6. The summed E-state index contributed by atoms with van der Waals surface area (Å²) in [5.74, 6) is -0.910. The molecule has 0 heterocycles. The predicted octanol–water partition coefficient (Wildman–Crippen LogP) is 5.90. The Balaban J connectivity index is 2.29. The first-order valence-corrected chi connectivity index (χ1v) is 8.86. The minimum absolute atomic E-state index is 0.123. The largest absolute Gasteiger partial charge is 0.166 e. The Hall–Kier alpha value is 2.35. The van der Waals surface area contributed by atoms with Crippen LogP contribution in [0.4, 0.5) is 0 Å². The van der Waals surface area contributed by atoms with Crippen LogP contribution in [0.3, 0.4) is 0 Å². The molecule has 0 N–H and O–H groups in total. The van der Waals surface area contributed by atoms with Crippen molar-refractivity contribution in [3.05, 3.63) is 10.1 Å². The molecule has 0 nitrogen and oxygen atoms in total. The standard InChI is InChI=1S/C10H5Cl9/c11-3-1-2(4(12)5(3)13)9(17)7(15)6(14)8(1,16)10(9,18)19/h1-5H/t1-,2+,3+,4-,5?,8-,9-/m1/s1. The molecular formula is C10H5Cl9. The van der Waals surface area contributed by atoms with Gasteiger partial charge in [-0.05, 0) is 0 Å². The van der Waals surface area contributed by atoms with Crippen molar-refractivity contribution >= 4 is 104 Å². The van der Waals surface area contributed by atoms with Gasteiger partial charge in [-0.25, -0.2) is 0 Å². The van der Waals surface area contributed by atoms with Crippen molar-refractivity contribution in [1.82, 2.24) is 0 Å². The summed E-state index contributed by atoms with van der Waals surface area (Å²) in [5, 5.41) is -1.38. The molecule has 3 aliphatic carbocycles. The van der Waals surface area contributed by atoms with Crippen LogP contribution >= 0.6 is 104 Å². The summed E-state index contributed by atoms with van der Waals surface area (Å²) < 4.78 is -1.61. The molecule has 9 heteroatoms. The van der Waals surface area contributed by atoms with E-state index in [0.717, 1.165) is 0 Å². The number of allylic oxidation sites excluding steroid dienone is 2. The molecule has 2 saturated carbocycles. The Bertz CT molecular complexity index is 447. The fourth-order valence-corrected chi connectivity index (χ4v) is 8.08.